The zero-order chi connectivity index (χ0) is 12.6. The molecule has 0 bridgehead atoms. The van der Waals surface area contributed by atoms with Crippen LogP contribution in [-0.4, -0.2) is 25.3 Å². The van der Waals surface area contributed by atoms with Crippen molar-refractivity contribution in [2.45, 2.75) is 41.5 Å². The normalized spacial score (nSPS) is 13.4. The molecule has 0 aliphatic carbocycles. The minimum absolute atomic E-state index is 0.463. The molecule has 0 aliphatic rings. The molecule has 0 saturated carbocycles. The largest absolute Gasteiger partial charge is 0.354 e. The van der Waals surface area contributed by atoms with Gasteiger partial charge >= 0.3 is 0 Å². The summed E-state index contributed by atoms with van der Waals surface area (Å²) < 4.78 is 0. The van der Waals surface area contributed by atoms with E-state index < -0.39 is 0 Å². The average Bonchev–Trinajstić information content (AvgIpc) is 2.15. The number of hydrogen-bond acceptors (Lipinski definition) is 1. The summed E-state index contributed by atoms with van der Waals surface area (Å²) in [6, 6.07) is 0. The third kappa shape index (κ3) is 9.69. The first kappa shape index (κ1) is 15.1. The lowest BCUT2D eigenvalue weighted by Crippen LogP contribution is -2.27. The van der Waals surface area contributed by atoms with Crippen molar-refractivity contribution in [1.29, 1.82) is 0 Å². The first-order valence-corrected chi connectivity index (χ1v) is 6.24. The molecule has 0 rings (SSSR count). The number of nitrogens with zero attached hydrogens (tertiary/aromatic N) is 2. The minimum atomic E-state index is 0.463. The lowest BCUT2D eigenvalue weighted by Gasteiger charge is -2.09. The van der Waals surface area contributed by atoms with E-state index in [2.05, 4.69) is 56.8 Å². The second-order valence-electron chi connectivity index (χ2n) is 5.36. The zero-order valence-corrected chi connectivity index (χ0v) is 11.6. The molecule has 0 spiro atoms. The molecule has 1 N–H and O–H groups in total. The van der Waals surface area contributed by atoms with E-state index in [-0.39, 0.29) is 0 Å². The Bertz CT molecular complexity index is 227. The molecule has 3 heteroatoms. The quantitative estimate of drug-likeness (QED) is 0.567. The summed E-state index contributed by atoms with van der Waals surface area (Å²) in [5.41, 5.74) is 0. The van der Waals surface area contributed by atoms with Crippen molar-refractivity contribution < 1.29 is 0 Å². The molecule has 0 amide bonds. The number of guanidine groups is 1. The summed E-state index contributed by atoms with van der Waals surface area (Å²) in [6.07, 6.45) is 1.94. The second-order valence-corrected chi connectivity index (χ2v) is 5.36. The molecular weight excluding hydrogens is 198 g/mol. The summed E-state index contributed by atoms with van der Waals surface area (Å²) in [5, 5.41) is 3.28. The van der Waals surface area contributed by atoms with Gasteiger partial charge in [-0.3, -0.25) is 4.99 Å². The smallest absolute Gasteiger partial charge is 0.217 e. The van der Waals surface area contributed by atoms with Crippen LogP contribution < -0.4 is 5.32 Å². The molecule has 0 unspecified atom stereocenters. The van der Waals surface area contributed by atoms with Crippen LogP contribution in [0.3, 0.4) is 0 Å². The van der Waals surface area contributed by atoms with Crippen LogP contribution >= 0.6 is 0 Å². The van der Waals surface area contributed by atoms with E-state index in [0.717, 1.165) is 19.0 Å². The first-order valence-electron chi connectivity index (χ1n) is 6.24. The highest BCUT2D eigenvalue weighted by Crippen LogP contribution is 1.95. The van der Waals surface area contributed by atoms with Crippen LogP contribution in [-0.2, 0) is 0 Å². The van der Waals surface area contributed by atoms with Crippen LogP contribution in [0.1, 0.15) is 41.5 Å². The second kappa shape index (κ2) is 8.31. The number of nitrogens with one attached hydrogen (secondary N) is 1. The van der Waals surface area contributed by atoms with E-state index in [4.69, 9.17) is 0 Å². The average molecular weight is 225 g/mol. The van der Waals surface area contributed by atoms with Crippen LogP contribution in [0.5, 0.6) is 0 Å². The lowest BCUT2D eigenvalue weighted by atomic mass is 10.2. The molecule has 0 radical (unpaired) electrons. The van der Waals surface area contributed by atoms with Crippen LogP contribution in [0, 0.1) is 17.8 Å². The van der Waals surface area contributed by atoms with Gasteiger partial charge in [-0.1, -0.05) is 41.5 Å². The molecule has 0 aliphatic heterocycles. The molecule has 0 heterocycles. The van der Waals surface area contributed by atoms with Crippen molar-refractivity contribution in [2.24, 2.45) is 27.7 Å². The van der Waals surface area contributed by atoms with Crippen LogP contribution in [0.4, 0.5) is 0 Å². The third-order valence-corrected chi connectivity index (χ3v) is 1.77. The van der Waals surface area contributed by atoms with Gasteiger partial charge in [-0.25, -0.2) is 4.99 Å². The Morgan fingerprint density at radius 2 is 1.69 bits per heavy atom. The molecule has 0 saturated heterocycles. The highest BCUT2D eigenvalue weighted by atomic mass is 15.1. The molecular formula is C13H27N3. The molecule has 16 heavy (non-hydrogen) atoms. The van der Waals surface area contributed by atoms with Crippen LogP contribution in [0.15, 0.2) is 9.98 Å². The molecule has 0 aromatic carbocycles. The molecule has 3 nitrogen and oxygen atoms in total. The molecule has 0 atom stereocenters. The van der Waals surface area contributed by atoms with Crippen molar-refractivity contribution in [1.82, 2.24) is 5.32 Å². The molecule has 0 aromatic heterocycles. The van der Waals surface area contributed by atoms with Gasteiger partial charge in [0.2, 0.25) is 5.96 Å². The topological polar surface area (TPSA) is 36.8 Å². The van der Waals surface area contributed by atoms with Gasteiger partial charge in [0.15, 0.2) is 0 Å². The Morgan fingerprint density at radius 1 is 1.06 bits per heavy atom. The summed E-state index contributed by atoms with van der Waals surface area (Å²) in [7, 11) is 0. The van der Waals surface area contributed by atoms with E-state index >= 15 is 0 Å². The van der Waals surface area contributed by atoms with E-state index in [1.54, 1.807) is 0 Å². The zero-order valence-electron chi connectivity index (χ0n) is 11.6. The molecule has 0 aromatic rings. The van der Waals surface area contributed by atoms with Crippen molar-refractivity contribution in [2.75, 3.05) is 13.1 Å². The maximum absolute atomic E-state index is 4.47. The summed E-state index contributed by atoms with van der Waals surface area (Å²) in [6.45, 7) is 14.7. The fourth-order valence-electron chi connectivity index (χ4n) is 0.926. The summed E-state index contributed by atoms with van der Waals surface area (Å²) in [4.78, 5) is 8.86. The lowest BCUT2D eigenvalue weighted by molar-refractivity contribution is 0.616. The maximum Gasteiger partial charge on any atom is 0.217 e. The maximum atomic E-state index is 4.47. The molecule has 0 fully saturated rings. The Hall–Kier alpha value is -0.860. The monoisotopic (exact) mass is 225 g/mol. The Balaban J connectivity index is 4.32. The third-order valence-electron chi connectivity index (χ3n) is 1.77. The van der Waals surface area contributed by atoms with Crippen LogP contribution in [0.2, 0.25) is 0 Å². The van der Waals surface area contributed by atoms with Gasteiger partial charge < -0.3 is 5.32 Å². The Kier molecular flexibility index (Phi) is 7.86. The fraction of sp³-hybridized carbons (Fsp3) is 0.846. The highest BCUT2D eigenvalue weighted by Gasteiger charge is 1.99. The van der Waals surface area contributed by atoms with Crippen LogP contribution in [0.25, 0.3) is 0 Å². The predicted molar refractivity (Wildman–Crippen MR) is 73.3 cm³/mol. The minimum Gasteiger partial charge on any atom is -0.354 e. The Morgan fingerprint density at radius 3 is 2.12 bits per heavy atom. The van der Waals surface area contributed by atoms with Crippen molar-refractivity contribution in [3.8, 4) is 0 Å². The summed E-state index contributed by atoms with van der Waals surface area (Å²) >= 11 is 0. The van der Waals surface area contributed by atoms with Crippen molar-refractivity contribution in [3.63, 3.8) is 0 Å². The number of rotatable bonds is 5. The van der Waals surface area contributed by atoms with Gasteiger partial charge in [0.05, 0.1) is 0 Å². The number of hydrogen-bond donors (Lipinski definition) is 1. The first-order chi connectivity index (χ1) is 7.41. The van der Waals surface area contributed by atoms with Gasteiger partial charge in [0, 0.05) is 19.3 Å². The van der Waals surface area contributed by atoms with E-state index in [1.807, 2.05) is 6.21 Å². The standard InChI is InChI=1S/C13H27N3/c1-10(2)7-14-13(15-8-11(3)4)16-9-12(5)6/h7,10-12H,8-9H2,1-6H3,(H,15,16). The summed E-state index contributed by atoms with van der Waals surface area (Å²) in [5.74, 6) is 2.42. The van der Waals surface area contributed by atoms with E-state index in [9.17, 15) is 0 Å². The predicted octanol–water partition coefficient (Wildman–Crippen LogP) is 2.97. The van der Waals surface area contributed by atoms with Crippen molar-refractivity contribution >= 4 is 12.2 Å². The van der Waals surface area contributed by atoms with E-state index in [1.165, 1.54) is 0 Å². The van der Waals surface area contributed by atoms with Gasteiger partial charge in [-0.15, -0.1) is 0 Å². The number of aliphatic imine (C=N–C) groups is 2. The Labute approximate surface area is 100 Å². The van der Waals surface area contributed by atoms with E-state index in [0.29, 0.717) is 17.8 Å². The van der Waals surface area contributed by atoms with Gasteiger partial charge in [0.25, 0.3) is 0 Å². The fourth-order valence-corrected chi connectivity index (χ4v) is 0.926. The van der Waals surface area contributed by atoms with Gasteiger partial charge in [-0.2, -0.15) is 0 Å². The van der Waals surface area contributed by atoms with Gasteiger partial charge in [-0.05, 0) is 17.8 Å². The highest BCUT2D eigenvalue weighted by molar-refractivity contribution is 5.88. The van der Waals surface area contributed by atoms with Gasteiger partial charge in [0.1, 0.15) is 0 Å². The molecule has 94 valence electrons. The van der Waals surface area contributed by atoms with Crippen molar-refractivity contribution in [3.05, 3.63) is 0 Å². The SMILES string of the molecule is CC(C)C=NC(=NCC(C)C)NCC(C)C.